The Bertz CT molecular complexity index is 1070. The van der Waals surface area contributed by atoms with Crippen LogP contribution in [0, 0.1) is 0 Å². The van der Waals surface area contributed by atoms with Gasteiger partial charge in [-0.2, -0.15) is 15.0 Å². The van der Waals surface area contributed by atoms with Crippen molar-refractivity contribution in [2.45, 2.75) is 13.2 Å². The standard InChI is InChI=1S/C22H24N6O3/c1-27(2)22-25-18(24-21(23)26-22)14-31-20(30)17-12-8-7-11-16(17)19(29)28(3)13-15-9-5-4-6-10-15/h4-12H,13-14H2,1-3H3,(H2,23,24,25,26). The molecule has 1 aromatic heterocycles. The summed E-state index contributed by atoms with van der Waals surface area (Å²) in [5.41, 5.74) is 7.11. The summed E-state index contributed by atoms with van der Waals surface area (Å²) in [5.74, 6) is -0.327. The molecule has 9 heteroatoms. The van der Waals surface area contributed by atoms with Crippen molar-refractivity contribution in [2.24, 2.45) is 0 Å². The number of hydrogen-bond donors (Lipinski definition) is 1. The fraction of sp³-hybridized carbons (Fsp3) is 0.227. The first kappa shape index (κ1) is 21.7. The van der Waals surface area contributed by atoms with E-state index < -0.39 is 5.97 Å². The number of carbonyl (C=O) groups is 2. The maximum absolute atomic E-state index is 13.0. The molecule has 1 amide bonds. The summed E-state index contributed by atoms with van der Waals surface area (Å²) in [4.78, 5) is 41.1. The predicted octanol–water partition coefficient (Wildman–Crippen LogP) is 2.15. The number of nitrogens with two attached hydrogens (primary N) is 1. The van der Waals surface area contributed by atoms with Crippen LogP contribution in [0.1, 0.15) is 32.1 Å². The number of rotatable bonds is 7. The molecule has 0 fully saturated rings. The molecule has 3 aromatic rings. The second kappa shape index (κ2) is 9.66. The molecular formula is C22H24N6O3. The number of hydrogen-bond acceptors (Lipinski definition) is 8. The van der Waals surface area contributed by atoms with Crippen LogP contribution >= 0.6 is 0 Å². The first-order chi connectivity index (χ1) is 14.8. The van der Waals surface area contributed by atoms with Gasteiger partial charge in [0.05, 0.1) is 11.1 Å². The Labute approximate surface area is 180 Å². The number of nitrogens with zero attached hydrogens (tertiary/aromatic N) is 5. The molecule has 0 aliphatic heterocycles. The van der Waals surface area contributed by atoms with Gasteiger partial charge in [0.25, 0.3) is 5.91 Å². The summed E-state index contributed by atoms with van der Waals surface area (Å²) in [6.45, 7) is 0.218. The molecule has 0 aliphatic carbocycles. The minimum atomic E-state index is -0.651. The van der Waals surface area contributed by atoms with Crippen molar-refractivity contribution in [3.8, 4) is 0 Å². The zero-order chi connectivity index (χ0) is 22.4. The molecule has 0 aliphatic rings. The molecule has 0 spiro atoms. The van der Waals surface area contributed by atoms with Gasteiger partial charge in [-0.15, -0.1) is 0 Å². The van der Waals surface area contributed by atoms with Crippen LogP contribution in [0.2, 0.25) is 0 Å². The van der Waals surface area contributed by atoms with Gasteiger partial charge in [-0.1, -0.05) is 42.5 Å². The van der Waals surface area contributed by atoms with Crippen LogP contribution in [-0.4, -0.2) is 52.9 Å². The van der Waals surface area contributed by atoms with Crippen molar-refractivity contribution in [2.75, 3.05) is 31.8 Å². The van der Waals surface area contributed by atoms with Gasteiger partial charge in [-0.05, 0) is 17.7 Å². The first-order valence-electron chi connectivity index (χ1n) is 9.58. The van der Waals surface area contributed by atoms with Crippen molar-refractivity contribution < 1.29 is 14.3 Å². The SMILES string of the molecule is CN(Cc1ccccc1)C(=O)c1ccccc1C(=O)OCc1nc(N)nc(N(C)C)n1. The highest BCUT2D eigenvalue weighted by molar-refractivity contribution is 6.05. The number of amides is 1. The Hall–Kier alpha value is -4.01. The molecule has 0 atom stereocenters. The maximum Gasteiger partial charge on any atom is 0.339 e. The Morgan fingerprint density at radius 1 is 0.903 bits per heavy atom. The summed E-state index contributed by atoms with van der Waals surface area (Å²) in [5, 5.41) is 0. The third kappa shape index (κ3) is 5.53. The molecule has 2 N–H and O–H groups in total. The first-order valence-corrected chi connectivity index (χ1v) is 9.58. The second-order valence-electron chi connectivity index (χ2n) is 7.07. The van der Waals surface area contributed by atoms with Crippen molar-refractivity contribution in [1.29, 1.82) is 0 Å². The Morgan fingerprint density at radius 3 is 2.23 bits per heavy atom. The molecule has 3 rings (SSSR count). The molecule has 31 heavy (non-hydrogen) atoms. The van der Waals surface area contributed by atoms with E-state index in [1.54, 1.807) is 55.2 Å². The molecule has 0 unspecified atom stereocenters. The van der Waals surface area contributed by atoms with Crippen LogP contribution in [0.4, 0.5) is 11.9 Å². The van der Waals surface area contributed by atoms with E-state index in [2.05, 4.69) is 15.0 Å². The molecule has 9 nitrogen and oxygen atoms in total. The lowest BCUT2D eigenvalue weighted by atomic mass is 10.1. The molecule has 1 heterocycles. The third-order valence-electron chi connectivity index (χ3n) is 4.41. The van der Waals surface area contributed by atoms with Crippen LogP contribution < -0.4 is 10.6 Å². The fourth-order valence-corrected chi connectivity index (χ4v) is 2.88. The molecule has 0 bridgehead atoms. The van der Waals surface area contributed by atoms with Gasteiger partial charge < -0.3 is 20.3 Å². The predicted molar refractivity (Wildman–Crippen MR) is 116 cm³/mol. The second-order valence-corrected chi connectivity index (χ2v) is 7.07. The van der Waals surface area contributed by atoms with E-state index in [1.807, 2.05) is 30.3 Å². The van der Waals surface area contributed by atoms with E-state index in [9.17, 15) is 9.59 Å². The minimum absolute atomic E-state index is 0.0304. The monoisotopic (exact) mass is 420 g/mol. The molecule has 0 radical (unpaired) electrons. The summed E-state index contributed by atoms with van der Waals surface area (Å²) in [6, 6.07) is 16.1. The third-order valence-corrected chi connectivity index (χ3v) is 4.41. The fourth-order valence-electron chi connectivity index (χ4n) is 2.88. The molecule has 0 saturated heterocycles. The maximum atomic E-state index is 13.0. The summed E-state index contributed by atoms with van der Waals surface area (Å²) >= 11 is 0. The number of esters is 1. The average molecular weight is 420 g/mol. The van der Waals surface area contributed by atoms with Gasteiger partial charge in [0.2, 0.25) is 11.9 Å². The summed E-state index contributed by atoms with van der Waals surface area (Å²) in [7, 11) is 5.21. The van der Waals surface area contributed by atoms with Crippen molar-refractivity contribution in [3.63, 3.8) is 0 Å². The lowest BCUT2D eigenvalue weighted by Gasteiger charge is -2.19. The quantitative estimate of drug-likeness (QED) is 0.578. The van der Waals surface area contributed by atoms with E-state index in [-0.39, 0.29) is 35.4 Å². The molecule has 160 valence electrons. The van der Waals surface area contributed by atoms with E-state index in [0.29, 0.717) is 12.5 Å². The highest BCUT2D eigenvalue weighted by atomic mass is 16.5. The van der Waals surface area contributed by atoms with Gasteiger partial charge in [0, 0.05) is 27.7 Å². The lowest BCUT2D eigenvalue weighted by molar-refractivity contribution is 0.0456. The summed E-state index contributed by atoms with van der Waals surface area (Å²) in [6.07, 6.45) is 0. The lowest BCUT2D eigenvalue weighted by Crippen LogP contribution is -2.28. The largest absolute Gasteiger partial charge is 0.454 e. The smallest absolute Gasteiger partial charge is 0.339 e. The number of carbonyl (C=O) groups excluding carboxylic acids is 2. The van der Waals surface area contributed by atoms with Crippen molar-refractivity contribution >= 4 is 23.8 Å². The van der Waals surface area contributed by atoms with Crippen LogP contribution in [0.3, 0.4) is 0 Å². The van der Waals surface area contributed by atoms with E-state index in [1.165, 1.54) is 0 Å². The van der Waals surface area contributed by atoms with Crippen LogP contribution in [0.5, 0.6) is 0 Å². The number of benzene rings is 2. The number of ether oxygens (including phenoxy) is 1. The number of aromatic nitrogens is 3. The topological polar surface area (TPSA) is 115 Å². The normalized spacial score (nSPS) is 10.4. The molecule has 2 aromatic carbocycles. The van der Waals surface area contributed by atoms with Crippen LogP contribution in [0.15, 0.2) is 54.6 Å². The molecular weight excluding hydrogens is 396 g/mol. The minimum Gasteiger partial charge on any atom is -0.454 e. The van der Waals surface area contributed by atoms with E-state index in [4.69, 9.17) is 10.5 Å². The van der Waals surface area contributed by atoms with E-state index in [0.717, 1.165) is 5.56 Å². The highest BCUT2D eigenvalue weighted by Crippen LogP contribution is 2.16. The molecule has 0 saturated carbocycles. The average Bonchev–Trinajstić information content (AvgIpc) is 2.77. The van der Waals surface area contributed by atoms with Crippen LogP contribution in [-0.2, 0) is 17.9 Å². The Morgan fingerprint density at radius 2 is 1.55 bits per heavy atom. The summed E-state index contributed by atoms with van der Waals surface area (Å²) < 4.78 is 5.36. The van der Waals surface area contributed by atoms with E-state index >= 15 is 0 Å². The van der Waals surface area contributed by atoms with Gasteiger partial charge in [0.1, 0.15) is 0 Å². The number of anilines is 2. The Balaban J connectivity index is 1.73. The van der Waals surface area contributed by atoms with Gasteiger partial charge in [0.15, 0.2) is 12.4 Å². The van der Waals surface area contributed by atoms with Crippen molar-refractivity contribution in [1.82, 2.24) is 19.9 Å². The van der Waals surface area contributed by atoms with Gasteiger partial charge in [-0.3, -0.25) is 4.79 Å². The van der Waals surface area contributed by atoms with Crippen LogP contribution in [0.25, 0.3) is 0 Å². The zero-order valence-electron chi connectivity index (χ0n) is 17.6. The Kier molecular flexibility index (Phi) is 6.76. The van der Waals surface area contributed by atoms with Gasteiger partial charge in [-0.25, -0.2) is 4.79 Å². The van der Waals surface area contributed by atoms with Crippen molar-refractivity contribution in [3.05, 3.63) is 77.1 Å². The number of nitrogen functional groups attached to an aromatic ring is 1. The highest BCUT2D eigenvalue weighted by Gasteiger charge is 2.21. The van der Waals surface area contributed by atoms with Gasteiger partial charge >= 0.3 is 5.97 Å². The zero-order valence-corrected chi connectivity index (χ0v) is 17.6.